The minimum absolute atomic E-state index is 0. The van der Waals surface area contributed by atoms with Crippen LogP contribution in [0.4, 0.5) is 0 Å². The predicted molar refractivity (Wildman–Crippen MR) is 96.5 cm³/mol. The molecule has 1 aliphatic rings. The second-order valence-corrected chi connectivity index (χ2v) is 5.48. The Bertz CT molecular complexity index is 186. The molecule has 0 radical (unpaired) electrons. The SMILES string of the molecule is Br.C1CCOC1.O=[N+]([O-])OCCCCBr.OCCCCBr. The van der Waals surface area contributed by atoms with Gasteiger partial charge in [-0.2, -0.15) is 0 Å². The van der Waals surface area contributed by atoms with Crippen LogP contribution in [0.1, 0.15) is 38.5 Å². The van der Waals surface area contributed by atoms with Crippen LogP contribution in [0.3, 0.4) is 0 Å². The van der Waals surface area contributed by atoms with Crippen molar-refractivity contribution in [3.05, 3.63) is 10.1 Å². The first-order valence-corrected chi connectivity index (χ1v) is 9.01. The molecule has 0 atom stereocenters. The molecule has 0 saturated carbocycles. The van der Waals surface area contributed by atoms with Crippen LogP contribution in [-0.2, 0) is 9.57 Å². The van der Waals surface area contributed by atoms with E-state index in [1.807, 2.05) is 0 Å². The van der Waals surface area contributed by atoms with Crippen LogP contribution < -0.4 is 0 Å². The van der Waals surface area contributed by atoms with Crippen molar-refractivity contribution in [3.63, 3.8) is 0 Å². The number of aliphatic hydroxyl groups excluding tert-OH is 1. The monoisotopic (exact) mass is 501 g/mol. The summed E-state index contributed by atoms with van der Waals surface area (Å²) in [4.78, 5) is 13.6. The molecule has 0 aliphatic carbocycles. The lowest BCUT2D eigenvalue weighted by Crippen LogP contribution is -2.01. The Hall–Kier alpha value is 0.560. The minimum atomic E-state index is -0.770. The molecular formula is C12H26Br3NO5. The summed E-state index contributed by atoms with van der Waals surface area (Å²) in [6.45, 7) is 2.53. The second kappa shape index (κ2) is 25.5. The first-order chi connectivity index (χ1) is 9.68. The summed E-state index contributed by atoms with van der Waals surface area (Å²) in [7, 11) is 0. The number of aliphatic hydroxyl groups is 1. The van der Waals surface area contributed by atoms with E-state index in [4.69, 9.17) is 9.84 Å². The molecule has 6 nitrogen and oxygen atoms in total. The van der Waals surface area contributed by atoms with Crippen LogP contribution in [-0.4, -0.2) is 47.3 Å². The summed E-state index contributed by atoms with van der Waals surface area (Å²) in [5, 5.41) is 18.8. The molecule has 9 heteroatoms. The second-order valence-electron chi connectivity index (χ2n) is 3.89. The van der Waals surface area contributed by atoms with Gasteiger partial charge in [-0.05, 0) is 38.5 Å². The molecule has 130 valence electrons. The van der Waals surface area contributed by atoms with Crippen LogP contribution >= 0.6 is 48.8 Å². The van der Waals surface area contributed by atoms with Crippen LogP contribution in [0.25, 0.3) is 0 Å². The Labute approximate surface area is 154 Å². The van der Waals surface area contributed by atoms with Crippen molar-refractivity contribution in [2.45, 2.75) is 38.5 Å². The van der Waals surface area contributed by atoms with Crippen molar-refractivity contribution >= 4 is 48.8 Å². The molecule has 0 amide bonds. The maximum absolute atomic E-state index is 9.53. The molecular weight excluding hydrogens is 478 g/mol. The molecule has 1 saturated heterocycles. The van der Waals surface area contributed by atoms with Gasteiger partial charge in [0, 0.05) is 30.5 Å². The van der Waals surface area contributed by atoms with E-state index in [2.05, 4.69) is 36.7 Å². The summed E-state index contributed by atoms with van der Waals surface area (Å²) in [6.07, 6.45) is 6.20. The number of rotatable bonds is 8. The number of alkyl halides is 2. The summed E-state index contributed by atoms with van der Waals surface area (Å²) >= 11 is 6.43. The zero-order chi connectivity index (χ0) is 15.5. The molecule has 0 aromatic carbocycles. The van der Waals surface area contributed by atoms with Crippen molar-refractivity contribution < 1.29 is 19.8 Å². The summed E-state index contributed by atoms with van der Waals surface area (Å²) in [5.74, 6) is 0. The Kier molecular flexibility index (Phi) is 32.1. The van der Waals surface area contributed by atoms with E-state index in [1.54, 1.807) is 0 Å². The number of hydrogen-bond acceptors (Lipinski definition) is 5. The van der Waals surface area contributed by atoms with Gasteiger partial charge in [-0.1, -0.05) is 31.9 Å². The van der Waals surface area contributed by atoms with Gasteiger partial charge in [0.2, 0.25) is 0 Å². The standard InChI is InChI=1S/C4H8BrNO3.C4H9BrO.C4H8O.BrH/c5-3-1-2-4-9-6(7)8;5-3-1-2-4-6;1-2-4-5-3-1;/h1-4H2;6H,1-4H2;1-4H2;1H. The summed E-state index contributed by atoms with van der Waals surface area (Å²) in [6, 6.07) is 0. The van der Waals surface area contributed by atoms with Gasteiger partial charge >= 0.3 is 0 Å². The molecule has 0 unspecified atom stereocenters. The van der Waals surface area contributed by atoms with Crippen LogP contribution in [0.15, 0.2) is 0 Å². The molecule has 1 heterocycles. The summed E-state index contributed by atoms with van der Waals surface area (Å²) in [5.41, 5.74) is 0. The van der Waals surface area contributed by atoms with Gasteiger partial charge in [0.15, 0.2) is 0 Å². The van der Waals surface area contributed by atoms with E-state index in [0.717, 1.165) is 49.6 Å². The molecule has 1 aliphatic heterocycles. The van der Waals surface area contributed by atoms with Gasteiger partial charge in [0.05, 0.1) is 6.61 Å². The van der Waals surface area contributed by atoms with Gasteiger partial charge in [0.1, 0.15) is 0 Å². The lowest BCUT2D eigenvalue weighted by molar-refractivity contribution is -0.757. The first-order valence-electron chi connectivity index (χ1n) is 6.76. The highest BCUT2D eigenvalue weighted by atomic mass is 79.9. The fourth-order valence-corrected chi connectivity index (χ4v) is 1.85. The van der Waals surface area contributed by atoms with E-state index in [-0.39, 0.29) is 23.6 Å². The molecule has 21 heavy (non-hydrogen) atoms. The minimum Gasteiger partial charge on any atom is -0.396 e. The van der Waals surface area contributed by atoms with Crippen molar-refractivity contribution in [3.8, 4) is 0 Å². The molecule has 0 aromatic rings. The largest absolute Gasteiger partial charge is 0.396 e. The van der Waals surface area contributed by atoms with Crippen LogP contribution in [0.2, 0.25) is 0 Å². The van der Waals surface area contributed by atoms with Gasteiger partial charge in [-0.3, -0.25) is 0 Å². The van der Waals surface area contributed by atoms with Gasteiger partial charge in [-0.25, -0.2) is 0 Å². The third-order valence-corrected chi connectivity index (χ3v) is 3.22. The fraction of sp³-hybridized carbons (Fsp3) is 1.00. The number of ether oxygens (including phenoxy) is 1. The summed E-state index contributed by atoms with van der Waals surface area (Å²) < 4.78 is 4.94. The van der Waals surface area contributed by atoms with Gasteiger partial charge in [0.25, 0.3) is 5.09 Å². The number of hydrogen-bond donors (Lipinski definition) is 1. The highest BCUT2D eigenvalue weighted by molar-refractivity contribution is 9.09. The zero-order valence-corrected chi connectivity index (χ0v) is 17.1. The van der Waals surface area contributed by atoms with Crippen molar-refractivity contribution in [2.75, 3.05) is 37.1 Å². The smallest absolute Gasteiger partial charge is 0.294 e. The van der Waals surface area contributed by atoms with Crippen molar-refractivity contribution in [2.24, 2.45) is 0 Å². The molecule has 1 N–H and O–H groups in total. The normalized spacial score (nSPS) is 12.1. The van der Waals surface area contributed by atoms with E-state index < -0.39 is 5.09 Å². The van der Waals surface area contributed by atoms with Crippen LogP contribution in [0, 0.1) is 10.1 Å². The van der Waals surface area contributed by atoms with E-state index in [1.165, 1.54) is 12.8 Å². The molecule has 1 rings (SSSR count). The quantitative estimate of drug-likeness (QED) is 0.235. The van der Waals surface area contributed by atoms with E-state index in [9.17, 15) is 10.1 Å². The Morgan fingerprint density at radius 3 is 1.90 bits per heavy atom. The topological polar surface area (TPSA) is 81.8 Å². The average Bonchev–Trinajstić information content (AvgIpc) is 3.01. The van der Waals surface area contributed by atoms with E-state index >= 15 is 0 Å². The third-order valence-electron chi connectivity index (χ3n) is 2.09. The third kappa shape index (κ3) is 33.4. The Morgan fingerprint density at radius 2 is 1.62 bits per heavy atom. The molecule has 0 spiro atoms. The van der Waals surface area contributed by atoms with Gasteiger partial charge < -0.3 is 14.7 Å². The Balaban J connectivity index is -0.000000236. The lowest BCUT2D eigenvalue weighted by atomic mass is 10.4. The molecule has 0 bridgehead atoms. The number of halogens is 3. The first kappa shape index (κ1) is 26.5. The zero-order valence-electron chi connectivity index (χ0n) is 12.2. The maximum Gasteiger partial charge on any atom is 0.294 e. The predicted octanol–water partition coefficient (Wildman–Crippen LogP) is 3.90. The fourth-order valence-electron chi connectivity index (χ4n) is 1.05. The van der Waals surface area contributed by atoms with E-state index in [0.29, 0.717) is 6.61 Å². The number of nitrogens with zero attached hydrogens (tertiary/aromatic N) is 1. The van der Waals surface area contributed by atoms with Crippen LogP contribution in [0.5, 0.6) is 0 Å². The molecule has 0 aromatic heterocycles. The number of unbranched alkanes of at least 4 members (excludes halogenated alkanes) is 2. The van der Waals surface area contributed by atoms with Crippen molar-refractivity contribution in [1.29, 1.82) is 0 Å². The highest BCUT2D eigenvalue weighted by Crippen LogP contribution is 1.98. The maximum atomic E-state index is 9.53. The van der Waals surface area contributed by atoms with Gasteiger partial charge in [-0.15, -0.1) is 27.1 Å². The Morgan fingerprint density at radius 1 is 1.10 bits per heavy atom. The van der Waals surface area contributed by atoms with Crippen molar-refractivity contribution in [1.82, 2.24) is 0 Å². The lowest BCUT2D eigenvalue weighted by Gasteiger charge is -1.94. The highest BCUT2D eigenvalue weighted by Gasteiger charge is 1.94. The average molecular weight is 504 g/mol. The molecule has 1 fully saturated rings.